The molecular formula is C26H34Br2N2O4. The van der Waals surface area contributed by atoms with Gasteiger partial charge in [0.15, 0.2) is 0 Å². The Labute approximate surface area is 219 Å². The molecule has 0 aromatic heterocycles. The van der Waals surface area contributed by atoms with E-state index in [1.807, 2.05) is 0 Å². The molecule has 0 fully saturated rings. The van der Waals surface area contributed by atoms with Crippen LogP contribution < -0.4 is 9.47 Å². The molecule has 0 aliphatic rings. The first-order valence-corrected chi connectivity index (χ1v) is 14.0. The van der Waals surface area contributed by atoms with Crippen molar-refractivity contribution < 1.29 is 19.7 Å². The van der Waals surface area contributed by atoms with Crippen molar-refractivity contribution in [2.24, 2.45) is 10.2 Å². The molecule has 2 aromatic carbocycles. The van der Waals surface area contributed by atoms with Gasteiger partial charge in [-0.15, -0.1) is 0 Å². The maximum absolute atomic E-state index is 10.2. The molecule has 0 saturated heterocycles. The average molecular weight is 598 g/mol. The predicted molar refractivity (Wildman–Crippen MR) is 147 cm³/mol. The van der Waals surface area contributed by atoms with Crippen molar-refractivity contribution in [2.45, 2.75) is 51.4 Å². The van der Waals surface area contributed by atoms with Crippen molar-refractivity contribution in [3.8, 4) is 23.0 Å². The van der Waals surface area contributed by atoms with Gasteiger partial charge in [-0.1, -0.05) is 57.5 Å². The first-order valence-electron chi connectivity index (χ1n) is 11.7. The number of phenols is 2. The molecule has 0 saturated carbocycles. The Morgan fingerprint density at radius 3 is 1.41 bits per heavy atom. The third-order valence-corrected chi connectivity index (χ3v) is 6.18. The predicted octanol–water partition coefficient (Wildman–Crippen LogP) is 7.22. The highest BCUT2D eigenvalue weighted by atomic mass is 79.9. The summed E-state index contributed by atoms with van der Waals surface area (Å²) in [6.07, 6.45) is 11.9. The molecule has 2 N–H and O–H groups in total. The molecule has 0 unspecified atom stereocenters. The number of aromatic hydroxyl groups is 2. The molecule has 2 aromatic rings. The molecule has 34 heavy (non-hydrogen) atoms. The van der Waals surface area contributed by atoms with Crippen molar-refractivity contribution in [3.63, 3.8) is 0 Å². The van der Waals surface area contributed by atoms with Gasteiger partial charge in [0.25, 0.3) is 0 Å². The van der Waals surface area contributed by atoms with Crippen LogP contribution in [0, 0.1) is 0 Å². The zero-order valence-electron chi connectivity index (χ0n) is 19.5. The number of rotatable bonds is 17. The molecule has 2 rings (SSSR count). The lowest BCUT2D eigenvalue weighted by atomic mass is 10.2. The van der Waals surface area contributed by atoms with Crippen LogP contribution in [0.25, 0.3) is 0 Å². The molecule has 0 bridgehead atoms. The first kappa shape index (κ1) is 28.2. The summed E-state index contributed by atoms with van der Waals surface area (Å²) in [5.41, 5.74) is 1.07. The number of nitrogens with zero attached hydrogens (tertiary/aromatic N) is 2. The van der Waals surface area contributed by atoms with Crippen LogP contribution in [0.1, 0.15) is 62.5 Å². The van der Waals surface area contributed by atoms with E-state index < -0.39 is 0 Å². The van der Waals surface area contributed by atoms with Crippen molar-refractivity contribution in [1.82, 2.24) is 0 Å². The summed E-state index contributed by atoms with van der Waals surface area (Å²) in [6.45, 7) is 1.26. The van der Waals surface area contributed by atoms with Crippen molar-refractivity contribution in [1.29, 1.82) is 0 Å². The van der Waals surface area contributed by atoms with Crippen molar-refractivity contribution in [3.05, 3.63) is 47.5 Å². The van der Waals surface area contributed by atoms with Gasteiger partial charge in [0.2, 0.25) is 0 Å². The van der Waals surface area contributed by atoms with Gasteiger partial charge in [-0.05, 0) is 49.9 Å². The van der Waals surface area contributed by atoms with Crippen LogP contribution in [-0.2, 0) is 0 Å². The minimum absolute atomic E-state index is 0.0762. The number of ether oxygens (including phenoxy) is 2. The summed E-state index contributed by atoms with van der Waals surface area (Å²) in [4.78, 5) is 0. The second-order valence-corrected chi connectivity index (χ2v) is 9.42. The van der Waals surface area contributed by atoms with E-state index in [9.17, 15) is 10.2 Å². The summed E-state index contributed by atoms with van der Waals surface area (Å²) in [7, 11) is 0. The lowest BCUT2D eigenvalue weighted by molar-refractivity contribution is 0.303. The van der Waals surface area contributed by atoms with Gasteiger partial charge in [0.05, 0.1) is 25.6 Å². The highest BCUT2D eigenvalue weighted by Crippen LogP contribution is 2.24. The molecule has 0 heterocycles. The Hall–Kier alpha value is -2.06. The van der Waals surface area contributed by atoms with Crippen LogP contribution in [0.5, 0.6) is 23.0 Å². The van der Waals surface area contributed by atoms with Crippen LogP contribution in [0.3, 0.4) is 0 Å². The summed E-state index contributed by atoms with van der Waals surface area (Å²) in [5.74, 6) is 1.41. The summed E-state index contributed by atoms with van der Waals surface area (Å²) in [6, 6.07) is 10.2. The third kappa shape index (κ3) is 11.4. The Bertz CT molecular complexity index is 833. The van der Waals surface area contributed by atoms with Gasteiger partial charge in [0, 0.05) is 33.9 Å². The van der Waals surface area contributed by atoms with Gasteiger partial charge < -0.3 is 19.7 Å². The van der Waals surface area contributed by atoms with E-state index in [0.29, 0.717) is 35.8 Å². The van der Waals surface area contributed by atoms with Gasteiger partial charge in [-0.25, -0.2) is 0 Å². The summed E-state index contributed by atoms with van der Waals surface area (Å²) < 4.78 is 11.4. The Morgan fingerprint density at radius 2 is 1.03 bits per heavy atom. The normalized spacial score (nSPS) is 11.5. The fourth-order valence-electron chi connectivity index (χ4n) is 3.12. The molecule has 0 aliphatic carbocycles. The van der Waals surface area contributed by atoms with Gasteiger partial charge in [-0.2, -0.15) is 10.2 Å². The summed E-state index contributed by atoms with van der Waals surface area (Å²) >= 11 is 6.86. The molecule has 0 radical (unpaired) electrons. The minimum atomic E-state index is 0.0762. The highest BCUT2D eigenvalue weighted by molar-refractivity contribution is 9.09. The second-order valence-electron chi connectivity index (χ2n) is 7.83. The second kappa shape index (κ2) is 17.4. The Balaban J connectivity index is 1.78. The summed E-state index contributed by atoms with van der Waals surface area (Å²) in [5, 5.41) is 30.4. The number of unbranched alkanes of at least 4 members (excludes halogenated alkanes) is 6. The third-order valence-electron chi connectivity index (χ3n) is 5.06. The number of hydrogen-bond acceptors (Lipinski definition) is 6. The molecule has 8 heteroatoms. The van der Waals surface area contributed by atoms with E-state index in [2.05, 4.69) is 42.1 Å². The highest BCUT2D eigenvalue weighted by Gasteiger charge is 2.03. The Morgan fingerprint density at radius 1 is 0.618 bits per heavy atom. The smallest absolute Gasteiger partial charge is 0.128 e. The van der Waals surface area contributed by atoms with E-state index >= 15 is 0 Å². The van der Waals surface area contributed by atoms with Crippen LogP contribution in [-0.4, -0.2) is 46.5 Å². The Kier molecular flexibility index (Phi) is 14.4. The maximum atomic E-state index is 10.2. The number of alkyl halides is 2. The number of halogens is 2. The standard InChI is InChI=1S/C26H34Br2N2O4/c27-13-5-1-3-7-15-33-23-11-9-21(25(31)17-23)19-29-30-20-22-10-12-24(18-26(22)32)34-16-8-4-2-6-14-28/h9-12,17-20,31-32H,1-8,13-16H2/b29-19+,30-20?. The molecule has 0 atom stereocenters. The SMILES string of the molecule is Oc1cc(OCCCCCCBr)ccc1C=N/N=C/c1ccc(OCCCCCCBr)cc1O. The van der Waals surface area contributed by atoms with E-state index in [4.69, 9.17) is 9.47 Å². The fraction of sp³-hybridized carbons (Fsp3) is 0.462. The average Bonchev–Trinajstić information content (AvgIpc) is 2.83. The number of benzene rings is 2. The van der Waals surface area contributed by atoms with E-state index in [1.54, 1.807) is 36.4 Å². The molecule has 0 amide bonds. The zero-order chi connectivity index (χ0) is 24.4. The van der Waals surface area contributed by atoms with E-state index in [1.165, 1.54) is 38.1 Å². The van der Waals surface area contributed by atoms with Crippen LogP contribution >= 0.6 is 31.9 Å². The van der Waals surface area contributed by atoms with Crippen molar-refractivity contribution in [2.75, 3.05) is 23.9 Å². The molecule has 186 valence electrons. The molecule has 0 spiro atoms. The molecular weight excluding hydrogens is 564 g/mol. The zero-order valence-corrected chi connectivity index (χ0v) is 22.6. The monoisotopic (exact) mass is 596 g/mol. The van der Waals surface area contributed by atoms with Gasteiger partial charge in [0.1, 0.15) is 23.0 Å². The quantitative estimate of drug-likeness (QED) is 0.0872. The van der Waals surface area contributed by atoms with Crippen LogP contribution in [0.2, 0.25) is 0 Å². The molecule has 0 aliphatic heterocycles. The molecule has 6 nitrogen and oxygen atoms in total. The largest absolute Gasteiger partial charge is 0.507 e. The van der Waals surface area contributed by atoms with Crippen LogP contribution in [0.15, 0.2) is 46.6 Å². The maximum Gasteiger partial charge on any atom is 0.128 e. The van der Waals surface area contributed by atoms with Crippen molar-refractivity contribution >= 4 is 44.3 Å². The number of hydrogen-bond donors (Lipinski definition) is 2. The first-order chi connectivity index (χ1) is 16.6. The van der Waals surface area contributed by atoms with E-state index in [0.717, 1.165) is 36.3 Å². The van der Waals surface area contributed by atoms with Crippen LogP contribution in [0.4, 0.5) is 0 Å². The van der Waals surface area contributed by atoms with Gasteiger partial charge in [-0.3, -0.25) is 0 Å². The minimum Gasteiger partial charge on any atom is -0.507 e. The number of phenolic OH excluding ortho intramolecular Hbond substituents is 2. The lowest BCUT2D eigenvalue weighted by Crippen LogP contribution is -1.98. The fourth-order valence-corrected chi connectivity index (χ4v) is 3.91. The topological polar surface area (TPSA) is 83.6 Å². The van der Waals surface area contributed by atoms with E-state index in [-0.39, 0.29) is 11.5 Å². The lowest BCUT2D eigenvalue weighted by Gasteiger charge is -2.07. The van der Waals surface area contributed by atoms with Gasteiger partial charge >= 0.3 is 0 Å².